The number of hydrogen-bond donors (Lipinski definition) is 1. The molecule has 0 saturated carbocycles. The number of carbonyl (C=O) groups is 1. The maximum absolute atomic E-state index is 11.7. The third-order valence-electron chi connectivity index (χ3n) is 3.09. The number of carbonyl (C=O) groups excluding carboxylic acids is 1. The molecule has 1 aromatic carbocycles. The first-order valence-electron chi connectivity index (χ1n) is 6.02. The van der Waals surface area contributed by atoms with Crippen LogP contribution >= 0.6 is 0 Å². The highest BCUT2D eigenvalue weighted by Crippen LogP contribution is 2.37. The van der Waals surface area contributed by atoms with E-state index in [0.29, 0.717) is 11.0 Å². The van der Waals surface area contributed by atoms with E-state index in [1.807, 2.05) is 24.3 Å². The van der Waals surface area contributed by atoms with E-state index in [0.717, 1.165) is 11.1 Å². The van der Waals surface area contributed by atoms with Crippen molar-refractivity contribution >= 4 is 16.9 Å². The van der Waals surface area contributed by atoms with E-state index in [2.05, 4.69) is 4.98 Å². The van der Waals surface area contributed by atoms with E-state index in [4.69, 9.17) is 14.9 Å². The Balaban J connectivity index is 2.39. The fourth-order valence-corrected chi connectivity index (χ4v) is 2.26. The van der Waals surface area contributed by atoms with E-state index in [9.17, 15) is 4.79 Å². The maximum atomic E-state index is 11.7. The number of amides is 1. The molecular weight excluding hydrogens is 256 g/mol. The molecule has 0 radical (unpaired) electrons. The number of hydrogen-bond acceptors (Lipinski definition) is 4. The van der Waals surface area contributed by atoms with Crippen LogP contribution in [0.4, 0.5) is 0 Å². The molecule has 0 unspecified atom stereocenters. The number of methoxy groups -OCH3 is 1. The van der Waals surface area contributed by atoms with Crippen LogP contribution in [0.25, 0.3) is 22.1 Å². The maximum Gasteiger partial charge on any atom is 0.298 e. The van der Waals surface area contributed by atoms with Crippen LogP contribution in [0.1, 0.15) is 10.4 Å². The number of furan rings is 1. The third-order valence-corrected chi connectivity index (χ3v) is 3.09. The van der Waals surface area contributed by atoms with Crippen LogP contribution in [0.5, 0.6) is 5.95 Å². The Hall–Kier alpha value is -2.82. The van der Waals surface area contributed by atoms with Gasteiger partial charge < -0.3 is 14.9 Å². The van der Waals surface area contributed by atoms with Crippen LogP contribution in [0.2, 0.25) is 0 Å². The molecule has 3 aromatic rings. The molecular formula is C15H12N2O3. The van der Waals surface area contributed by atoms with Crippen molar-refractivity contribution in [3.63, 3.8) is 0 Å². The minimum Gasteiger partial charge on any atom is -0.468 e. The average molecular weight is 268 g/mol. The SMILES string of the molecule is COc1oc2cccc(-c3cccnc3)c2c1C(N)=O. The fraction of sp³-hybridized carbons (Fsp3) is 0.0667. The third kappa shape index (κ3) is 1.80. The number of aromatic nitrogens is 1. The lowest BCUT2D eigenvalue weighted by atomic mass is 10.0. The largest absolute Gasteiger partial charge is 0.468 e. The summed E-state index contributed by atoms with van der Waals surface area (Å²) in [6.45, 7) is 0. The van der Waals surface area contributed by atoms with Gasteiger partial charge in [0, 0.05) is 23.3 Å². The van der Waals surface area contributed by atoms with Crippen LogP contribution in [-0.4, -0.2) is 18.0 Å². The molecule has 2 N–H and O–H groups in total. The highest BCUT2D eigenvalue weighted by atomic mass is 16.6. The Labute approximate surface area is 115 Å². The molecule has 20 heavy (non-hydrogen) atoms. The van der Waals surface area contributed by atoms with Crippen LogP contribution < -0.4 is 10.5 Å². The molecule has 1 amide bonds. The summed E-state index contributed by atoms with van der Waals surface area (Å²) in [6, 6.07) is 9.24. The summed E-state index contributed by atoms with van der Waals surface area (Å²) in [5, 5.41) is 0.643. The predicted octanol–water partition coefficient (Wildman–Crippen LogP) is 2.60. The molecule has 0 aliphatic heterocycles. The summed E-state index contributed by atoms with van der Waals surface area (Å²) in [6.07, 6.45) is 3.41. The van der Waals surface area contributed by atoms with Gasteiger partial charge in [-0.2, -0.15) is 0 Å². The molecule has 2 aromatic heterocycles. The summed E-state index contributed by atoms with van der Waals surface area (Å²) in [7, 11) is 1.44. The van der Waals surface area contributed by atoms with Gasteiger partial charge in [-0.25, -0.2) is 0 Å². The number of benzene rings is 1. The van der Waals surface area contributed by atoms with E-state index in [1.165, 1.54) is 7.11 Å². The van der Waals surface area contributed by atoms with Crippen molar-refractivity contribution in [2.45, 2.75) is 0 Å². The monoisotopic (exact) mass is 268 g/mol. The van der Waals surface area contributed by atoms with Crippen LogP contribution in [0.3, 0.4) is 0 Å². The zero-order valence-corrected chi connectivity index (χ0v) is 10.8. The molecule has 0 fully saturated rings. The first-order valence-corrected chi connectivity index (χ1v) is 6.02. The summed E-state index contributed by atoms with van der Waals surface area (Å²) in [4.78, 5) is 15.8. The average Bonchev–Trinajstić information content (AvgIpc) is 2.86. The second kappa shape index (κ2) is 4.70. The van der Waals surface area contributed by atoms with Gasteiger partial charge in [-0.15, -0.1) is 0 Å². The molecule has 3 rings (SSSR count). The van der Waals surface area contributed by atoms with E-state index < -0.39 is 5.91 Å². The number of ether oxygens (including phenoxy) is 1. The van der Waals surface area contributed by atoms with Crippen molar-refractivity contribution in [3.05, 3.63) is 48.3 Å². The van der Waals surface area contributed by atoms with Gasteiger partial charge >= 0.3 is 0 Å². The zero-order chi connectivity index (χ0) is 14.1. The molecule has 0 aliphatic rings. The molecule has 0 atom stereocenters. The normalized spacial score (nSPS) is 10.7. The van der Waals surface area contributed by atoms with Crippen molar-refractivity contribution in [1.29, 1.82) is 0 Å². The van der Waals surface area contributed by atoms with Gasteiger partial charge in [0.2, 0.25) is 0 Å². The molecule has 5 nitrogen and oxygen atoms in total. The first-order chi connectivity index (χ1) is 9.72. The second-order valence-electron chi connectivity index (χ2n) is 4.25. The molecule has 100 valence electrons. The zero-order valence-electron chi connectivity index (χ0n) is 10.8. The molecule has 0 spiro atoms. The number of nitrogens with two attached hydrogens (primary N) is 1. The van der Waals surface area contributed by atoms with E-state index in [-0.39, 0.29) is 11.5 Å². The smallest absolute Gasteiger partial charge is 0.298 e. The number of pyridine rings is 1. The topological polar surface area (TPSA) is 78.3 Å². The van der Waals surface area contributed by atoms with Crippen LogP contribution in [-0.2, 0) is 0 Å². The number of rotatable bonds is 3. The second-order valence-corrected chi connectivity index (χ2v) is 4.25. The van der Waals surface area contributed by atoms with Crippen molar-refractivity contribution < 1.29 is 13.9 Å². The Morgan fingerprint density at radius 2 is 2.15 bits per heavy atom. The van der Waals surface area contributed by atoms with Gasteiger partial charge in [-0.3, -0.25) is 9.78 Å². The van der Waals surface area contributed by atoms with Crippen LogP contribution in [0, 0.1) is 0 Å². The first kappa shape index (κ1) is 12.2. The lowest BCUT2D eigenvalue weighted by molar-refractivity contribution is 0.0996. The van der Waals surface area contributed by atoms with Crippen LogP contribution in [0.15, 0.2) is 47.1 Å². The minimum atomic E-state index is -0.586. The fourth-order valence-electron chi connectivity index (χ4n) is 2.26. The Kier molecular flexibility index (Phi) is 2.87. The lowest BCUT2D eigenvalue weighted by Crippen LogP contribution is -2.11. The Bertz CT molecular complexity index is 778. The highest BCUT2D eigenvalue weighted by Gasteiger charge is 2.22. The Morgan fingerprint density at radius 3 is 2.80 bits per heavy atom. The summed E-state index contributed by atoms with van der Waals surface area (Å²) < 4.78 is 10.6. The summed E-state index contributed by atoms with van der Waals surface area (Å²) >= 11 is 0. The van der Waals surface area contributed by atoms with E-state index in [1.54, 1.807) is 18.5 Å². The quantitative estimate of drug-likeness (QED) is 0.792. The van der Waals surface area contributed by atoms with E-state index >= 15 is 0 Å². The number of primary amides is 1. The summed E-state index contributed by atoms with van der Waals surface area (Å²) in [5.74, 6) is -0.458. The van der Waals surface area contributed by atoms with Gasteiger partial charge in [0.05, 0.1) is 7.11 Å². The highest BCUT2D eigenvalue weighted by molar-refractivity contribution is 6.12. The molecule has 5 heteroatoms. The van der Waals surface area contributed by atoms with Crippen molar-refractivity contribution in [2.75, 3.05) is 7.11 Å². The van der Waals surface area contributed by atoms with Gasteiger partial charge in [0.15, 0.2) is 0 Å². The molecule has 0 bridgehead atoms. The van der Waals surface area contributed by atoms with Gasteiger partial charge in [-0.05, 0) is 17.7 Å². The lowest BCUT2D eigenvalue weighted by Gasteiger charge is -2.03. The number of fused-ring (bicyclic) bond motifs is 1. The molecule has 0 saturated heterocycles. The molecule has 0 aliphatic carbocycles. The van der Waals surface area contributed by atoms with Gasteiger partial charge in [0.25, 0.3) is 11.9 Å². The van der Waals surface area contributed by atoms with Gasteiger partial charge in [-0.1, -0.05) is 18.2 Å². The standard InChI is InChI=1S/C15H12N2O3/c1-19-15-13(14(16)18)12-10(5-2-6-11(12)20-15)9-4-3-7-17-8-9/h2-8H,1H3,(H2,16,18). The van der Waals surface area contributed by atoms with Crippen molar-refractivity contribution in [1.82, 2.24) is 4.98 Å². The summed E-state index contributed by atoms with van der Waals surface area (Å²) in [5.41, 5.74) is 7.97. The molecule has 2 heterocycles. The van der Waals surface area contributed by atoms with Gasteiger partial charge in [0.1, 0.15) is 11.1 Å². The Morgan fingerprint density at radius 1 is 1.30 bits per heavy atom. The number of nitrogens with zero attached hydrogens (tertiary/aromatic N) is 1. The predicted molar refractivity (Wildman–Crippen MR) is 74.5 cm³/mol. The van der Waals surface area contributed by atoms with Crippen molar-refractivity contribution in [3.8, 4) is 17.1 Å². The minimum absolute atomic E-state index is 0.129. The van der Waals surface area contributed by atoms with Crippen molar-refractivity contribution in [2.24, 2.45) is 5.73 Å².